The van der Waals surface area contributed by atoms with Crippen LogP contribution >= 0.6 is 0 Å². The number of aliphatic hydroxyl groups is 1. The molecule has 1 aromatic rings. The molecule has 192 valence electrons. The number of hydrogen-bond donors (Lipinski definition) is 3. The Kier molecular flexibility index (Phi) is 9.71. The van der Waals surface area contributed by atoms with Crippen molar-refractivity contribution in [1.82, 2.24) is 15.5 Å². The van der Waals surface area contributed by atoms with Crippen molar-refractivity contribution in [2.24, 2.45) is 9.98 Å². The summed E-state index contributed by atoms with van der Waals surface area (Å²) in [5, 5.41) is 25.7. The van der Waals surface area contributed by atoms with Gasteiger partial charge in [0.1, 0.15) is 6.07 Å². The van der Waals surface area contributed by atoms with E-state index in [9.17, 15) is 10.4 Å². The first-order valence-electron chi connectivity index (χ1n) is 12.7. The Morgan fingerprint density at radius 1 is 1.33 bits per heavy atom. The van der Waals surface area contributed by atoms with Crippen molar-refractivity contribution in [2.75, 3.05) is 37.7 Å². The Morgan fingerprint density at radius 3 is 2.78 bits per heavy atom. The van der Waals surface area contributed by atoms with Crippen LogP contribution in [0, 0.1) is 11.3 Å². The summed E-state index contributed by atoms with van der Waals surface area (Å²) in [5.41, 5.74) is 3.66. The van der Waals surface area contributed by atoms with E-state index in [2.05, 4.69) is 45.0 Å². The van der Waals surface area contributed by atoms with Crippen molar-refractivity contribution in [2.45, 2.75) is 52.1 Å². The highest BCUT2D eigenvalue weighted by Crippen LogP contribution is 2.33. The van der Waals surface area contributed by atoms with Crippen molar-refractivity contribution in [3.8, 4) is 6.07 Å². The fourth-order valence-corrected chi connectivity index (χ4v) is 4.51. The zero-order valence-electron chi connectivity index (χ0n) is 21.8. The van der Waals surface area contributed by atoms with Crippen LogP contribution in [0.4, 0.5) is 5.69 Å². The highest BCUT2D eigenvalue weighted by molar-refractivity contribution is 5.93. The number of allylic oxidation sites excluding steroid dienone is 4. The Balaban J connectivity index is 1.83. The lowest BCUT2D eigenvalue weighted by atomic mass is 9.98. The molecule has 0 saturated carbocycles. The van der Waals surface area contributed by atoms with Crippen LogP contribution in [0.2, 0.25) is 0 Å². The number of aliphatic hydroxyl groups excluding tert-OH is 1. The van der Waals surface area contributed by atoms with Gasteiger partial charge in [0.05, 0.1) is 24.2 Å². The summed E-state index contributed by atoms with van der Waals surface area (Å²) in [6.45, 7) is 13.6. The van der Waals surface area contributed by atoms with E-state index in [1.165, 1.54) is 0 Å². The molecular weight excluding hydrogens is 450 g/mol. The maximum absolute atomic E-state index is 9.81. The van der Waals surface area contributed by atoms with Crippen molar-refractivity contribution >= 4 is 18.0 Å². The number of hydrogen-bond acceptors (Lipinski definition) is 8. The van der Waals surface area contributed by atoms with Gasteiger partial charge in [-0.15, -0.1) is 6.58 Å². The van der Waals surface area contributed by atoms with Crippen LogP contribution in [0.3, 0.4) is 0 Å². The summed E-state index contributed by atoms with van der Waals surface area (Å²) in [5.74, 6) is 0.578. The van der Waals surface area contributed by atoms with E-state index in [1.54, 1.807) is 6.34 Å². The molecule has 1 saturated heterocycles. The second kappa shape index (κ2) is 12.9. The van der Waals surface area contributed by atoms with Gasteiger partial charge in [-0.05, 0) is 57.4 Å². The molecule has 1 unspecified atom stereocenters. The number of rotatable bonds is 11. The standard InChI is InChI=1S/C28H39N7O/c1-5-9-25(12-10-22(3)34(14-6-2)17-18-36)32-27-30-21-31-28(4,33-27)24-11-13-26(23(19-24)20-29)35-15-7-8-16-35/h5,10-13,19,21,36H,1,6-9,14-18H2,2-4H3,(H2,30,31,32,33)/b22-10+,25-12+. The number of benzene rings is 1. The minimum Gasteiger partial charge on any atom is -0.395 e. The topological polar surface area (TPSA) is 99.3 Å². The number of nitrogens with zero attached hydrogens (tertiary/aromatic N) is 5. The average molecular weight is 490 g/mol. The van der Waals surface area contributed by atoms with Gasteiger partial charge in [0.25, 0.3) is 0 Å². The molecule has 8 heteroatoms. The predicted octanol–water partition coefficient (Wildman–Crippen LogP) is 3.98. The molecule has 2 aliphatic rings. The van der Waals surface area contributed by atoms with Crippen LogP contribution in [-0.4, -0.2) is 55.1 Å². The Labute approximate surface area is 215 Å². The number of nitrogens with one attached hydrogen (secondary N) is 2. The molecule has 0 radical (unpaired) electrons. The van der Waals surface area contributed by atoms with Crippen LogP contribution in [0.1, 0.15) is 57.6 Å². The molecule has 8 nitrogen and oxygen atoms in total. The molecule has 1 aromatic carbocycles. The third-order valence-electron chi connectivity index (χ3n) is 6.49. The zero-order valence-corrected chi connectivity index (χ0v) is 21.8. The molecule has 0 bridgehead atoms. The minimum absolute atomic E-state index is 0.123. The normalized spacial score (nSPS) is 20.0. The van der Waals surface area contributed by atoms with Gasteiger partial charge in [-0.3, -0.25) is 0 Å². The minimum atomic E-state index is -0.854. The van der Waals surface area contributed by atoms with Crippen LogP contribution < -0.4 is 15.5 Å². The second-order valence-electron chi connectivity index (χ2n) is 9.25. The highest BCUT2D eigenvalue weighted by Gasteiger charge is 2.29. The van der Waals surface area contributed by atoms with Crippen molar-refractivity contribution in [3.63, 3.8) is 0 Å². The van der Waals surface area contributed by atoms with Crippen molar-refractivity contribution in [1.29, 1.82) is 5.26 Å². The first-order chi connectivity index (χ1) is 17.4. The molecule has 36 heavy (non-hydrogen) atoms. The van der Waals surface area contributed by atoms with E-state index < -0.39 is 5.66 Å². The van der Waals surface area contributed by atoms with E-state index in [0.29, 0.717) is 24.5 Å². The Hall–Kier alpha value is -3.57. The monoisotopic (exact) mass is 489 g/mol. The van der Waals surface area contributed by atoms with Gasteiger partial charge in [-0.25, -0.2) is 9.98 Å². The van der Waals surface area contributed by atoms with Gasteiger partial charge in [0, 0.05) is 49.6 Å². The summed E-state index contributed by atoms with van der Waals surface area (Å²) < 4.78 is 0. The molecular formula is C28H39N7O. The number of anilines is 1. The predicted molar refractivity (Wildman–Crippen MR) is 148 cm³/mol. The quantitative estimate of drug-likeness (QED) is 0.321. The van der Waals surface area contributed by atoms with E-state index in [-0.39, 0.29) is 6.61 Å². The third kappa shape index (κ3) is 6.76. The van der Waals surface area contributed by atoms with Crippen LogP contribution in [-0.2, 0) is 5.66 Å². The summed E-state index contributed by atoms with van der Waals surface area (Å²) in [7, 11) is 0. The molecule has 0 aromatic heterocycles. The van der Waals surface area contributed by atoms with Crippen molar-refractivity contribution < 1.29 is 5.11 Å². The molecule has 1 atom stereocenters. The maximum Gasteiger partial charge on any atom is 0.203 e. The van der Waals surface area contributed by atoms with Crippen LogP contribution in [0.5, 0.6) is 0 Å². The lowest BCUT2D eigenvalue weighted by Gasteiger charge is -2.28. The maximum atomic E-state index is 9.81. The summed E-state index contributed by atoms with van der Waals surface area (Å²) in [6, 6.07) is 8.32. The fraction of sp³-hybridized carbons (Fsp3) is 0.464. The summed E-state index contributed by atoms with van der Waals surface area (Å²) >= 11 is 0. The highest BCUT2D eigenvalue weighted by atomic mass is 16.3. The molecule has 2 heterocycles. The van der Waals surface area contributed by atoms with Gasteiger partial charge in [0.15, 0.2) is 5.66 Å². The molecule has 1 fully saturated rings. The van der Waals surface area contributed by atoms with Gasteiger partial charge < -0.3 is 25.5 Å². The summed E-state index contributed by atoms with van der Waals surface area (Å²) in [4.78, 5) is 13.9. The summed E-state index contributed by atoms with van der Waals surface area (Å²) in [6.07, 6.45) is 11.5. The van der Waals surface area contributed by atoms with E-state index in [1.807, 2.05) is 50.3 Å². The molecule has 0 amide bonds. The van der Waals surface area contributed by atoms with Crippen LogP contribution in [0.15, 0.2) is 64.4 Å². The van der Waals surface area contributed by atoms with Gasteiger partial charge >= 0.3 is 0 Å². The molecule has 0 aliphatic carbocycles. The molecule has 0 spiro atoms. The SMILES string of the molecule is C=CC/C(=C\C=C(/C)N(CCC)CCO)NC1=NC(C)(c2ccc(N3CCCC3)c(C#N)c2)N=CN1. The van der Waals surface area contributed by atoms with E-state index in [4.69, 9.17) is 4.99 Å². The average Bonchev–Trinajstić information content (AvgIpc) is 3.41. The number of aliphatic imine (C=N–C) groups is 2. The fourth-order valence-electron chi connectivity index (χ4n) is 4.51. The molecule has 2 aliphatic heterocycles. The second-order valence-corrected chi connectivity index (χ2v) is 9.25. The molecule has 3 N–H and O–H groups in total. The van der Waals surface area contributed by atoms with Gasteiger partial charge in [-0.2, -0.15) is 5.26 Å². The lowest BCUT2D eigenvalue weighted by molar-refractivity contribution is 0.226. The molecule has 3 rings (SSSR count). The third-order valence-corrected chi connectivity index (χ3v) is 6.49. The number of guanidine groups is 1. The first kappa shape index (κ1) is 27.0. The largest absolute Gasteiger partial charge is 0.395 e. The lowest BCUT2D eigenvalue weighted by Crippen LogP contribution is -2.42. The van der Waals surface area contributed by atoms with Crippen molar-refractivity contribution in [3.05, 3.63) is 65.5 Å². The van der Waals surface area contributed by atoms with Gasteiger partial charge in [-0.1, -0.05) is 19.1 Å². The van der Waals surface area contributed by atoms with E-state index in [0.717, 1.165) is 61.5 Å². The van der Waals surface area contributed by atoms with Gasteiger partial charge in [0.2, 0.25) is 5.96 Å². The van der Waals surface area contributed by atoms with Crippen LogP contribution in [0.25, 0.3) is 0 Å². The zero-order chi connectivity index (χ0) is 26.0. The smallest absolute Gasteiger partial charge is 0.203 e. The first-order valence-corrected chi connectivity index (χ1v) is 12.7. The Morgan fingerprint density at radius 2 is 2.11 bits per heavy atom. The Bertz CT molecular complexity index is 1070. The number of nitriles is 1. The van der Waals surface area contributed by atoms with E-state index >= 15 is 0 Å².